The van der Waals surface area contributed by atoms with Gasteiger partial charge in [-0.1, -0.05) is 32.9 Å². The fourth-order valence-electron chi connectivity index (χ4n) is 1.23. The third kappa shape index (κ3) is 3.49. The van der Waals surface area contributed by atoms with Crippen LogP contribution >= 0.6 is 0 Å². The van der Waals surface area contributed by atoms with Crippen molar-refractivity contribution in [1.82, 2.24) is 0 Å². The Labute approximate surface area is 109 Å². The number of carbonyl (C=O) groups is 1. The van der Waals surface area contributed by atoms with Crippen LogP contribution in [0.3, 0.4) is 0 Å². The maximum atomic E-state index is 13.7. The lowest BCUT2D eigenvalue weighted by Gasteiger charge is -2.36. The van der Waals surface area contributed by atoms with Crippen LogP contribution in [0.1, 0.15) is 36.7 Å². The minimum absolute atomic E-state index is 0.103. The van der Waals surface area contributed by atoms with Crippen LogP contribution in [0.2, 0.25) is 18.1 Å². The van der Waals surface area contributed by atoms with Crippen LogP contribution in [0.25, 0.3) is 0 Å². The van der Waals surface area contributed by atoms with Gasteiger partial charge in [0.2, 0.25) is 0 Å². The highest BCUT2D eigenvalue weighted by molar-refractivity contribution is 6.74. The Bertz CT molecular complexity index is 436. The van der Waals surface area contributed by atoms with Gasteiger partial charge in [0, 0.05) is 11.1 Å². The van der Waals surface area contributed by atoms with Crippen LogP contribution in [0.4, 0.5) is 4.39 Å². The highest BCUT2D eigenvalue weighted by atomic mass is 28.4. The maximum Gasteiger partial charge on any atom is 0.192 e. The third-order valence-corrected chi connectivity index (χ3v) is 8.09. The molecule has 0 saturated heterocycles. The molecule has 4 heteroatoms. The predicted molar refractivity (Wildman–Crippen MR) is 73.8 cm³/mol. The molecule has 100 valence electrons. The van der Waals surface area contributed by atoms with E-state index in [9.17, 15) is 9.18 Å². The lowest BCUT2D eigenvalue weighted by Crippen LogP contribution is -2.40. The molecular formula is C14H21FO2Si. The Morgan fingerprint density at radius 3 is 2.39 bits per heavy atom. The number of rotatable bonds is 4. The molecule has 0 atom stereocenters. The maximum absolute atomic E-state index is 13.7. The Hall–Kier alpha value is -1.00. The minimum Gasteiger partial charge on any atom is -0.412 e. The van der Waals surface area contributed by atoms with Crippen molar-refractivity contribution in [2.24, 2.45) is 0 Å². The first-order valence-corrected chi connectivity index (χ1v) is 8.96. The van der Waals surface area contributed by atoms with Gasteiger partial charge < -0.3 is 4.43 Å². The molecular weight excluding hydrogens is 247 g/mol. The van der Waals surface area contributed by atoms with Gasteiger partial charge in [0.15, 0.2) is 8.32 Å². The second-order valence-corrected chi connectivity index (χ2v) is 10.8. The number of halogens is 1. The molecule has 1 rings (SSSR count). The van der Waals surface area contributed by atoms with Gasteiger partial charge in [-0.3, -0.25) is 4.79 Å². The zero-order chi connectivity index (χ0) is 14.0. The highest BCUT2D eigenvalue weighted by Crippen LogP contribution is 2.37. The second kappa shape index (κ2) is 5.32. The van der Waals surface area contributed by atoms with Crippen LogP contribution in [-0.2, 0) is 11.0 Å². The molecule has 0 fully saturated rings. The van der Waals surface area contributed by atoms with Gasteiger partial charge in [0.25, 0.3) is 0 Å². The first-order chi connectivity index (χ1) is 8.17. The normalized spacial score (nSPS) is 12.6. The summed E-state index contributed by atoms with van der Waals surface area (Å²) in [7, 11) is -1.87. The van der Waals surface area contributed by atoms with E-state index in [1.165, 1.54) is 6.07 Å². The van der Waals surface area contributed by atoms with Crippen molar-refractivity contribution in [3.63, 3.8) is 0 Å². The first kappa shape index (κ1) is 15.1. The smallest absolute Gasteiger partial charge is 0.192 e. The number of benzene rings is 1. The molecule has 2 nitrogen and oxygen atoms in total. The molecule has 0 unspecified atom stereocenters. The van der Waals surface area contributed by atoms with E-state index in [4.69, 9.17) is 4.43 Å². The summed E-state index contributed by atoms with van der Waals surface area (Å²) in [6, 6.07) is 4.48. The van der Waals surface area contributed by atoms with Crippen molar-refractivity contribution in [1.29, 1.82) is 0 Å². The molecule has 0 amide bonds. The number of hydrogen-bond acceptors (Lipinski definition) is 2. The van der Waals surface area contributed by atoms with E-state index in [1.807, 2.05) is 0 Å². The summed E-state index contributed by atoms with van der Waals surface area (Å²) in [5.74, 6) is -0.377. The molecule has 0 aliphatic heterocycles. The number of aldehydes is 1. The average Bonchev–Trinajstić information content (AvgIpc) is 2.25. The van der Waals surface area contributed by atoms with Gasteiger partial charge in [-0.15, -0.1) is 0 Å². The molecule has 0 aromatic heterocycles. The van der Waals surface area contributed by atoms with E-state index >= 15 is 0 Å². The van der Waals surface area contributed by atoms with Crippen molar-refractivity contribution in [3.05, 3.63) is 35.1 Å². The summed E-state index contributed by atoms with van der Waals surface area (Å²) in [4.78, 5) is 10.5. The van der Waals surface area contributed by atoms with E-state index < -0.39 is 8.32 Å². The SMILES string of the molecule is CC(C)(C)[Si](C)(C)OCc1ccc(C=O)cc1F. The molecule has 0 spiro atoms. The van der Waals surface area contributed by atoms with Gasteiger partial charge in [-0.05, 0) is 24.2 Å². The van der Waals surface area contributed by atoms with Gasteiger partial charge in [-0.25, -0.2) is 4.39 Å². The van der Waals surface area contributed by atoms with Crippen LogP contribution in [0, 0.1) is 5.82 Å². The van der Waals surface area contributed by atoms with Gasteiger partial charge >= 0.3 is 0 Å². The monoisotopic (exact) mass is 268 g/mol. The highest BCUT2D eigenvalue weighted by Gasteiger charge is 2.37. The van der Waals surface area contributed by atoms with Crippen molar-refractivity contribution < 1.29 is 13.6 Å². The molecule has 0 aliphatic carbocycles. The standard InChI is InChI=1S/C14H21FO2Si/c1-14(2,3)18(4,5)17-10-12-7-6-11(9-16)8-13(12)15/h6-9H,10H2,1-5H3. The quantitative estimate of drug-likeness (QED) is 0.605. The second-order valence-electron chi connectivity index (χ2n) is 6.02. The zero-order valence-corrected chi connectivity index (χ0v) is 12.7. The van der Waals surface area contributed by atoms with Gasteiger partial charge in [0.1, 0.15) is 12.1 Å². The fraction of sp³-hybridized carbons (Fsp3) is 0.500. The fourth-order valence-corrected chi connectivity index (χ4v) is 2.18. The molecule has 0 saturated carbocycles. The Kier molecular flexibility index (Phi) is 4.45. The molecule has 0 bridgehead atoms. The number of carbonyl (C=O) groups excluding carboxylic acids is 1. The summed E-state index contributed by atoms with van der Waals surface area (Å²) in [6.07, 6.45) is 0.640. The van der Waals surface area contributed by atoms with E-state index in [1.54, 1.807) is 12.1 Å². The molecule has 0 radical (unpaired) electrons. The first-order valence-electron chi connectivity index (χ1n) is 6.05. The zero-order valence-electron chi connectivity index (χ0n) is 11.7. The van der Waals surface area contributed by atoms with Crippen molar-refractivity contribution >= 4 is 14.6 Å². The Morgan fingerprint density at radius 2 is 1.94 bits per heavy atom. The molecule has 1 aromatic carbocycles. The lowest BCUT2D eigenvalue weighted by atomic mass is 10.1. The van der Waals surface area contributed by atoms with Crippen molar-refractivity contribution in [3.8, 4) is 0 Å². The lowest BCUT2D eigenvalue weighted by molar-refractivity contribution is 0.112. The summed E-state index contributed by atoms with van der Waals surface area (Å²) in [6.45, 7) is 11.0. The van der Waals surface area contributed by atoms with Crippen LogP contribution in [0.15, 0.2) is 18.2 Å². The van der Waals surface area contributed by atoms with Crippen molar-refractivity contribution in [2.45, 2.75) is 45.5 Å². The summed E-state index contributed by atoms with van der Waals surface area (Å²) >= 11 is 0. The van der Waals surface area contributed by atoms with Crippen LogP contribution in [-0.4, -0.2) is 14.6 Å². The summed E-state index contributed by atoms with van der Waals surface area (Å²) in [5, 5.41) is 0.103. The molecule has 0 N–H and O–H groups in total. The molecule has 0 aliphatic rings. The average molecular weight is 268 g/mol. The van der Waals surface area contributed by atoms with E-state index in [-0.39, 0.29) is 17.5 Å². The topological polar surface area (TPSA) is 26.3 Å². The molecule has 1 aromatic rings. The number of hydrogen-bond donors (Lipinski definition) is 0. The molecule has 18 heavy (non-hydrogen) atoms. The van der Waals surface area contributed by atoms with Crippen LogP contribution in [0.5, 0.6) is 0 Å². The van der Waals surface area contributed by atoms with E-state index in [0.717, 1.165) is 0 Å². The third-order valence-electron chi connectivity index (χ3n) is 3.61. The van der Waals surface area contributed by atoms with Crippen molar-refractivity contribution in [2.75, 3.05) is 0 Å². The summed E-state index contributed by atoms with van der Waals surface area (Å²) < 4.78 is 19.6. The van der Waals surface area contributed by atoms with Gasteiger partial charge in [0.05, 0.1) is 6.61 Å². The Balaban J connectivity index is 2.78. The minimum atomic E-state index is -1.87. The van der Waals surface area contributed by atoms with Crippen LogP contribution < -0.4 is 0 Å². The summed E-state index contributed by atoms with van der Waals surface area (Å²) in [5.41, 5.74) is 0.856. The molecule has 0 heterocycles. The Morgan fingerprint density at radius 1 is 1.33 bits per heavy atom. The van der Waals surface area contributed by atoms with E-state index in [2.05, 4.69) is 33.9 Å². The predicted octanol–water partition coefficient (Wildman–Crippen LogP) is 4.16. The largest absolute Gasteiger partial charge is 0.412 e. The van der Waals surface area contributed by atoms with Gasteiger partial charge in [-0.2, -0.15) is 0 Å². The van der Waals surface area contributed by atoms with E-state index in [0.29, 0.717) is 17.4 Å².